The Morgan fingerprint density at radius 3 is 3.05 bits per heavy atom. The fourth-order valence-corrected chi connectivity index (χ4v) is 2.88. The van der Waals surface area contributed by atoms with E-state index < -0.39 is 6.61 Å². The summed E-state index contributed by atoms with van der Waals surface area (Å²) in [6.45, 7) is 2.71. The lowest BCUT2D eigenvalue weighted by Crippen LogP contribution is -2.37. The van der Waals surface area contributed by atoms with Crippen LogP contribution in [-0.4, -0.2) is 34.0 Å². The molecule has 100 valence electrons. The summed E-state index contributed by atoms with van der Waals surface area (Å²) in [5, 5.41) is 10.8. The van der Waals surface area contributed by atoms with Crippen LogP contribution in [0, 0.1) is 6.92 Å². The minimum absolute atomic E-state index is 0.224. The largest absolute Gasteiger partial charge is 0.387 e. The lowest BCUT2D eigenvalue weighted by atomic mass is 10.0. The van der Waals surface area contributed by atoms with Crippen molar-refractivity contribution in [2.75, 3.05) is 13.2 Å². The lowest BCUT2D eigenvalue weighted by molar-refractivity contribution is -0.135. The molecule has 19 heavy (non-hydrogen) atoms. The van der Waals surface area contributed by atoms with E-state index in [-0.39, 0.29) is 5.91 Å². The highest BCUT2D eigenvalue weighted by molar-refractivity contribution is 6.36. The molecule has 0 saturated heterocycles. The number of aromatic amines is 1. The maximum Gasteiger partial charge on any atom is 0.248 e. The summed E-state index contributed by atoms with van der Waals surface area (Å²) in [6, 6.07) is 4.03. The number of carbonyl (C=O) groups is 1. The highest BCUT2D eigenvalue weighted by Crippen LogP contribution is 2.33. The maximum absolute atomic E-state index is 11.6. The van der Waals surface area contributed by atoms with Crippen molar-refractivity contribution in [2.24, 2.45) is 0 Å². The molecule has 5 heteroatoms. The van der Waals surface area contributed by atoms with Gasteiger partial charge in [-0.25, -0.2) is 0 Å². The average molecular weight is 279 g/mol. The number of aryl methyl sites for hydroxylation is 1. The summed E-state index contributed by atoms with van der Waals surface area (Å²) in [4.78, 5) is 16.6. The number of nitrogens with zero attached hydrogens (tertiary/aromatic N) is 1. The number of hydrogen-bond acceptors (Lipinski definition) is 2. The zero-order chi connectivity index (χ0) is 13.6. The van der Waals surface area contributed by atoms with Gasteiger partial charge in [-0.15, -0.1) is 0 Å². The first-order chi connectivity index (χ1) is 9.11. The lowest BCUT2D eigenvalue weighted by Gasteiger charge is -2.26. The summed E-state index contributed by atoms with van der Waals surface area (Å²) in [5.41, 5.74) is 4.25. The fourth-order valence-electron chi connectivity index (χ4n) is 2.67. The molecule has 2 heterocycles. The molecule has 0 unspecified atom stereocenters. The molecule has 1 aliphatic heterocycles. The first-order valence-electron chi connectivity index (χ1n) is 6.29. The minimum atomic E-state index is -0.433. The van der Waals surface area contributed by atoms with Gasteiger partial charge in [-0.2, -0.15) is 0 Å². The third-order valence-corrected chi connectivity index (χ3v) is 4.26. The number of hydrogen-bond donors (Lipinski definition) is 2. The monoisotopic (exact) mass is 278 g/mol. The van der Waals surface area contributed by atoms with E-state index in [1.165, 1.54) is 0 Å². The number of halogens is 1. The van der Waals surface area contributed by atoms with Crippen molar-refractivity contribution in [3.8, 4) is 0 Å². The van der Waals surface area contributed by atoms with Crippen LogP contribution in [0.3, 0.4) is 0 Å². The van der Waals surface area contributed by atoms with Gasteiger partial charge in [0, 0.05) is 36.2 Å². The molecule has 0 saturated carbocycles. The molecular formula is C14H15ClN2O2. The molecule has 1 aromatic carbocycles. The highest BCUT2D eigenvalue weighted by atomic mass is 35.5. The topological polar surface area (TPSA) is 56.3 Å². The number of amides is 1. The molecule has 0 aliphatic carbocycles. The van der Waals surface area contributed by atoms with Crippen molar-refractivity contribution in [1.29, 1.82) is 0 Å². The van der Waals surface area contributed by atoms with Gasteiger partial charge in [0.15, 0.2) is 0 Å². The van der Waals surface area contributed by atoms with Crippen LogP contribution >= 0.6 is 11.6 Å². The number of carbonyl (C=O) groups excluding carboxylic acids is 1. The second-order valence-corrected chi connectivity index (χ2v) is 5.30. The van der Waals surface area contributed by atoms with Gasteiger partial charge in [0.1, 0.15) is 6.61 Å². The quantitative estimate of drug-likeness (QED) is 0.838. The number of fused-ring (bicyclic) bond motifs is 3. The van der Waals surface area contributed by atoms with Crippen molar-refractivity contribution in [3.63, 3.8) is 0 Å². The summed E-state index contributed by atoms with van der Waals surface area (Å²) >= 11 is 6.32. The van der Waals surface area contributed by atoms with Gasteiger partial charge in [0.25, 0.3) is 0 Å². The van der Waals surface area contributed by atoms with Crippen LogP contribution in [0.4, 0.5) is 0 Å². The third-order valence-electron chi connectivity index (χ3n) is 3.77. The molecule has 2 aromatic rings. The van der Waals surface area contributed by atoms with Crippen LogP contribution in [0.1, 0.15) is 16.8 Å². The van der Waals surface area contributed by atoms with Gasteiger partial charge >= 0.3 is 0 Å². The van der Waals surface area contributed by atoms with Crippen LogP contribution in [-0.2, 0) is 17.8 Å². The summed E-state index contributed by atoms with van der Waals surface area (Å²) in [5.74, 6) is -0.224. The van der Waals surface area contributed by atoms with E-state index in [1.54, 1.807) is 4.90 Å². The number of rotatable bonds is 1. The van der Waals surface area contributed by atoms with Gasteiger partial charge in [0.2, 0.25) is 5.91 Å². The highest BCUT2D eigenvalue weighted by Gasteiger charge is 2.24. The molecule has 0 fully saturated rings. The summed E-state index contributed by atoms with van der Waals surface area (Å²) in [7, 11) is 0. The molecular weight excluding hydrogens is 264 g/mol. The Kier molecular flexibility index (Phi) is 2.99. The molecule has 0 spiro atoms. The van der Waals surface area contributed by atoms with Crippen LogP contribution in [0.15, 0.2) is 12.1 Å². The van der Waals surface area contributed by atoms with Gasteiger partial charge < -0.3 is 15.0 Å². The Balaban J connectivity index is 2.09. The number of H-pyrrole nitrogens is 1. The molecule has 4 nitrogen and oxygen atoms in total. The fraction of sp³-hybridized carbons (Fsp3) is 0.357. The van der Waals surface area contributed by atoms with Gasteiger partial charge in [-0.3, -0.25) is 4.79 Å². The zero-order valence-electron chi connectivity index (χ0n) is 10.7. The molecule has 1 aromatic heterocycles. The summed E-state index contributed by atoms with van der Waals surface area (Å²) < 4.78 is 0. The number of benzene rings is 1. The van der Waals surface area contributed by atoms with Gasteiger partial charge in [0.05, 0.1) is 10.5 Å². The Morgan fingerprint density at radius 1 is 1.53 bits per heavy atom. The molecule has 0 radical (unpaired) electrons. The number of aliphatic hydroxyl groups excluding tert-OH is 1. The normalized spacial score (nSPS) is 14.8. The van der Waals surface area contributed by atoms with Gasteiger partial charge in [-0.1, -0.05) is 23.7 Å². The van der Waals surface area contributed by atoms with Crippen molar-refractivity contribution < 1.29 is 9.90 Å². The third kappa shape index (κ3) is 1.91. The Labute approximate surface area is 116 Å². The summed E-state index contributed by atoms with van der Waals surface area (Å²) in [6.07, 6.45) is 0.769. The number of nitrogens with one attached hydrogen (secondary N) is 1. The van der Waals surface area contributed by atoms with Gasteiger partial charge in [-0.05, 0) is 12.5 Å². The predicted molar refractivity (Wildman–Crippen MR) is 74.3 cm³/mol. The molecule has 0 bridgehead atoms. The SMILES string of the molecule is Cc1ccc2c3c([nH]c2c1Cl)CCN(C(=O)CO)C3. The number of aromatic nitrogens is 1. The van der Waals surface area contributed by atoms with Crippen molar-refractivity contribution in [1.82, 2.24) is 9.88 Å². The van der Waals surface area contributed by atoms with Crippen molar-refractivity contribution >= 4 is 28.4 Å². The van der Waals surface area contributed by atoms with E-state index in [2.05, 4.69) is 4.98 Å². The van der Waals surface area contributed by atoms with E-state index in [0.717, 1.165) is 39.2 Å². The predicted octanol–water partition coefficient (Wildman–Crippen LogP) is 2.01. The first-order valence-corrected chi connectivity index (χ1v) is 6.66. The van der Waals surface area contributed by atoms with E-state index in [9.17, 15) is 4.79 Å². The molecule has 3 rings (SSSR count). The second kappa shape index (κ2) is 4.54. The van der Waals surface area contributed by atoms with Crippen LogP contribution < -0.4 is 0 Å². The van der Waals surface area contributed by atoms with E-state index in [4.69, 9.17) is 16.7 Å². The van der Waals surface area contributed by atoms with Crippen LogP contribution in [0.25, 0.3) is 10.9 Å². The molecule has 1 aliphatic rings. The minimum Gasteiger partial charge on any atom is -0.387 e. The van der Waals surface area contributed by atoms with E-state index in [0.29, 0.717) is 13.1 Å². The molecule has 1 amide bonds. The Hall–Kier alpha value is -1.52. The smallest absolute Gasteiger partial charge is 0.248 e. The Bertz CT molecular complexity index is 663. The second-order valence-electron chi connectivity index (χ2n) is 4.92. The van der Waals surface area contributed by atoms with E-state index >= 15 is 0 Å². The number of aliphatic hydroxyl groups is 1. The molecule has 2 N–H and O–H groups in total. The van der Waals surface area contributed by atoms with Crippen molar-refractivity contribution in [3.05, 3.63) is 34.0 Å². The average Bonchev–Trinajstić information content (AvgIpc) is 2.80. The zero-order valence-corrected chi connectivity index (χ0v) is 11.4. The Morgan fingerprint density at radius 2 is 2.32 bits per heavy atom. The molecule has 0 atom stereocenters. The first kappa shape index (κ1) is 12.5. The standard InChI is InChI=1S/C14H15ClN2O2/c1-8-2-3-9-10-6-17(12(19)7-18)5-4-11(10)16-14(9)13(8)15/h2-3,16,18H,4-7H2,1H3. The van der Waals surface area contributed by atoms with Crippen LogP contribution in [0.2, 0.25) is 5.02 Å². The maximum atomic E-state index is 11.6. The van der Waals surface area contributed by atoms with Crippen molar-refractivity contribution in [2.45, 2.75) is 19.9 Å². The van der Waals surface area contributed by atoms with E-state index in [1.807, 2.05) is 19.1 Å². The van der Waals surface area contributed by atoms with Crippen LogP contribution in [0.5, 0.6) is 0 Å².